The zero-order valence-corrected chi connectivity index (χ0v) is 12.9. The Morgan fingerprint density at radius 3 is 2.38 bits per heavy atom. The van der Waals surface area contributed by atoms with Gasteiger partial charge in [-0.1, -0.05) is 0 Å². The summed E-state index contributed by atoms with van der Waals surface area (Å²) < 4.78 is 7.14. The Hall–Kier alpha value is -0.0900. The van der Waals surface area contributed by atoms with Crippen molar-refractivity contribution in [3.05, 3.63) is 24.8 Å². The van der Waals surface area contributed by atoms with Crippen LogP contribution in [0.3, 0.4) is 0 Å². The van der Waals surface area contributed by atoms with E-state index in [2.05, 4.69) is 45.2 Å². The van der Waals surface area contributed by atoms with Crippen molar-refractivity contribution in [1.82, 2.24) is 0 Å². The van der Waals surface area contributed by atoms with Crippen LogP contribution in [0, 0.1) is 7.14 Å². The summed E-state index contributed by atoms with van der Waals surface area (Å²) in [5.74, 6) is -0.172. The van der Waals surface area contributed by atoms with Crippen LogP contribution in [0.25, 0.3) is 0 Å². The molecule has 0 radical (unpaired) electrons. The molecule has 0 bridgehead atoms. The molecule has 1 aromatic rings. The molecule has 0 fully saturated rings. The summed E-state index contributed by atoms with van der Waals surface area (Å²) in [4.78, 5) is 10.6. The molecule has 0 saturated carbocycles. The van der Waals surface area contributed by atoms with Crippen LogP contribution in [-0.4, -0.2) is 24.2 Å². The fourth-order valence-electron chi connectivity index (χ4n) is 1.27. The van der Waals surface area contributed by atoms with Gasteiger partial charge in [-0.3, -0.25) is 4.79 Å². The van der Waals surface area contributed by atoms with Gasteiger partial charge in [0.25, 0.3) is 0 Å². The molecule has 0 aliphatic rings. The van der Waals surface area contributed by atoms with E-state index in [4.69, 9.17) is 15.6 Å². The maximum absolute atomic E-state index is 10.6. The number of carbonyl (C=O) groups is 1. The number of carboxylic acids is 1. The molecule has 0 amide bonds. The summed E-state index contributed by atoms with van der Waals surface area (Å²) in [6.07, 6.45) is 0.325. The molecule has 6 heteroatoms. The number of hydrogen-bond donors (Lipinski definition) is 2. The van der Waals surface area contributed by atoms with Gasteiger partial charge in [0.2, 0.25) is 0 Å². The van der Waals surface area contributed by atoms with Crippen LogP contribution in [0.2, 0.25) is 0 Å². The van der Waals surface area contributed by atoms with Crippen LogP contribution in [0.5, 0.6) is 5.75 Å². The Labute approximate surface area is 121 Å². The third-order valence-electron chi connectivity index (χ3n) is 2.04. The minimum absolute atomic E-state index is 0.325. The highest BCUT2D eigenvalue weighted by Gasteiger charge is 2.14. The Bertz CT molecular complexity index is 386. The van der Waals surface area contributed by atoms with E-state index >= 15 is 0 Å². The molecule has 1 aromatic carbocycles. The van der Waals surface area contributed by atoms with E-state index in [0.717, 1.165) is 18.5 Å². The van der Waals surface area contributed by atoms with E-state index in [0.29, 0.717) is 6.42 Å². The van der Waals surface area contributed by atoms with Crippen LogP contribution in [0.1, 0.15) is 5.56 Å². The number of rotatable bonds is 4. The lowest BCUT2D eigenvalue weighted by atomic mass is 10.1. The number of hydrogen-bond acceptors (Lipinski definition) is 3. The third kappa shape index (κ3) is 3.45. The molecule has 0 aromatic heterocycles. The lowest BCUT2D eigenvalue weighted by molar-refractivity contribution is -0.138. The van der Waals surface area contributed by atoms with E-state index in [1.165, 1.54) is 0 Å². The first-order valence-electron chi connectivity index (χ1n) is 4.46. The molecule has 3 N–H and O–H groups in total. The minimum Gasteiger partial charge on any atom is -0.495 e. The molecule has 4 nitrogen and oxygen atoms in total. The smallest absolute Gasteiger partial charge is 0.320 e. The van der Waals surface area contributed by atoms with Crippen molar-refractivity contribution in [3.63, 3.8) is 0 Å². The molecule has 1 rings (SSSR count). The van der Waals surface area contributed by atoms with Crippen LogP contribution < -0.4 is 10.5 Å². The van der Waals surface area contributed by atoms with E-state index in [9.17, 15) is 4.79 Å². The molecular formula is C10H11I2NO3. The van der Waals surface area contributed by atoms with Gasteiger partial charge >= 0.3 is 5.97 Å². The lowest BCUT2D eigenvalue weighted by Crippen LogP contribution is -2.32. The summed E-state index contributed by atoms with van der Waals surface area (Å²) in [7, 11) is 1.61. The summed E-state index contributed by atoms with van der Waals surface area (Å²) in [6, 6.07) is 2.93. The number of carboxylic acid groups (broad SMARTS) is 1. The number of benzene rings is 1. The van der Waals surface area contributed by atoms with Crippen molar-refractivity contribution >= 4 is 51.2 Å². The largest absolute Gasteiger partial charge is 0.495 e. The van der Waals surface area contributed by atoms with Crippen molar-refractivity contribution in [2.45, 2.75) is 12.5 Å². The van der Waals surface area contributed by atoms with Crippen molar-refractivity contribution in [1.29, 1.82) is 0 Å². The first-order valence-corrected chi connectivity index (χ1v) is 6.61. The van der Waals surface area contributed by atoms with Gasteiger partial charge in [-0.25, -0.2) is 0 Å². The van der Waals surface area contributed by atoms with E-state index < -0.39 is 12.0 Å². The standard InChI is InChI=1S/C10H11I2NO3/c1-16-9-6(11)2-5(3-7(9)12)4-8(13)10(14)15/h2-3,8H,4,13H2,1H3,(H,14,15). The molecule has 0 heterocycles. The average Bonchev–Trinajstić information content (AvgIpc) is 2.16. The second-order valence-electron chi connectivity index (χ2n) is 3.24. The molecular weight excluding hydrogens is 436 g/mol. The zero-order valence-electron chi connectivity index (χ0n) is 8.54. The highest BCUT2D eigenvalue weighted by atomic mass is 127. The maximum atomic E-state index is 10.6. The second-order valence-corrected chi connectivity index (χ2v) is 5.57. The topological polar surface area (TPSA) is 72.5 Å². The molecule has 0 saturated heterocycles. The minimum atomic E-state index is -0.985. The summed E-state index contributed by atoms with van der Waals surface area (Å²) in [5, 5.41) is 8.73. The summed E-state index contributed by atoms with van der Waals surface area (Å²) >= 11 is 4.32. The first-order chi connectivity index (χ1) is 7.45. The van der Waals surface area contributed by atoms with E-state index in [-0.39, 0.29) is 0 Å². The number of halogens is 2. The Morgan fingerprint density at radius 2 is 2.00 bits per heavy atom. The lowest BCUT2D eigenvalue weighted by Gasteiger charge is -2.11. The summed E-state index contributed by atoms with van der Waals surface area (Å²) in [5.41, 5.74) is 6.39. The average molecular weight is 447 g/mol. The SMILES string of the molecule is COc1c(I)cc(CC(N)C(=O)O)cc1I. The van der Waals surface area contributed by atoms with Gasteiger partial charge in [-0.05, 0) is 69.3 Å². The number of aliphatic carboxylic acids is 1. The predicted molar refractivity (Wildman–Crippen MR) is 77.7 cm³/mol. The van der Waals surface area contributed by atoms with Crippen LogP contribution >= 0.6 is 45.2 Å². The van der Waals surface area contributed by atoms with Gasteiger partial charge in [0.05, 0.1) is 14.3 Å². The quantitative estimate of drug-likeness (QED) is 0.692. The molecule has 0 spiro atoms. The summed E-state index contributed by atoms with van der Waals surface area (Å²) in [6.45, 7) is 0. The fourth-order valence-corrected chi connectivity index (χ4v) is 3.60. The van der Waals surface area contributed by atoms with Gasteiger partial charge < -0.3 is 15.6 Å². The monoisotopic (exact) mass is 447 g/mol. The highest BCUT2D eigenvalue weighted by Crippen LogP contribution is 2.28. The van der Waals surface area contributed by atoms with Gasteiger partial charge in [0.1, 0.15) is 11.8 Å². The van der Waals surface area contributed by atoms with Gasteiger partial charge in [0, 0.05) is 0 Å². The first kappa shape index (κ1) is 14.0. The molecule has 0 aliphatic carbocycles. The second kappa shape index (κ2) is 6.01. The Balaban J connectivity index is 2.96. The van der Waals surface area contributed by atoms with Crippen LogP contribution in [0.15, 0.2) is 12.1 Å². The number of methoxy groups -OCH3 is 1. The predicted octanol–water partition coefficient (Wildman–Crippen LogP) is 1.86. The van der Waals surface area contributed by atoms with Gasteiger partial charge in [0.15, 0.2) is 0 Å². The van der Waals surface area contributed by atoms with Crippen LogP contribution in [0.4, 0.5) is 0 Å². The van der Waals surface area contributed by atoms with E-state index in [1.54, 1.807) is 7.11 Å². The van der Waals surface area contributed by atoms with Crippen molar-refractivity contribution in [2.24, 2.45) is 5.73 Å². The van der Waals surface area contributed by atoms with Gasteiger partial charge in [-0.15, -0.1) is 0 Å². The molecule has 0 aliphatic heterocycles. The van der Waals surface area contributed by atoms with Crippen molar-refractivity contribution in [3.8, 4) is 5.75 Å². The van der Waals surface area contributed by atoms with E-state index in [1.807, 2.05) is 12.1 Å². The normalized spacial score (nSPS) is 12.2. The Kier molecular flexibility index (Phi) is 5.25. The molecule has 1 unspecified atom stereocenters. The highest BCUT2D eigenvalue weighted by molar-refractivity contribution is 14.1. The molecule has 1 atom stereocenters. The zero-order chi connectivity index (χ0) is 12.3. The maximum Gasteiger partial charge on any atom is 0.320 e. The third-order valence-corrected chi connectivity index (χ3v) is 3.64. The number of nitrogens with two attached hydrogens (primary N) is 1. The van der Waals surface area contributed by atoms with Gasteiger partial charge in [-0.2, -0.15) is 0 Å². The molecule has 16 heavy (non-hydrogen) atoms. The molecule has 88 valence electrons. The number of ether oxygens (including phenoxy) is 1. The van der Waals surface area contributed by atoms with Crippen LogP contribution in [-0.2, 0) is 11.2 Å². The van der Waals surface area contributed by atoms with Crippen molar-refractivity contribution < 1.29 is 14.6 Å². The van der Waals surface area contributed by atoms with Crippen molar-refractivity contribution in [2.75, 3.05) is 7.11 Å². The Morgan fingerprint density at radius 1 is 1.50 bits per heavy atom. The fraction of sp³-hybridized carbons (Fsp3) is 0.300.